The first-order chi connectivity index (χ1) is 18.4. The first-order valence-corrected chi connectivity index (χ1v) is 14.2. The fourth-order valence-corrected chi connectivity index (χ4v) is 7.20. The minimum atomic E-state index is -4.03. The van der Waals surface area contributed by atoms with Crippen LogP contribution < -0.4 is 4.90 Å². The Labute approximate surface area is 222 Å². The molecule has 3 aromatic carbocycles. The minimum Gasteiger partial charge on any atom is -0.436 e. The summed E-state index contributed by atoms with van der Waals surface area (Å²) in [5, 5.41) is 1.67. The molecule has 2 aromatic heterocycles. The molecule has 0 radical (unpaired) electrons. The highest BCUT2D eigenvalue weighted by Crippen LogP contribution is 2.33. The Morgan fingerprint density at radius 3 is 2.37 bits per heavy atom. The molecule has 190 valence electrons. The van der Waals surface area contributed by atoms with Crippen LogP contribution >= 0.6 is 11.3 Å². The van der Waals surface area contributed by atoms with Gasteiger partial charge >= 0.3 is 0 Å². The molecule has 0 bridgehead atoms. The number of para-hydroxylation sites is 2. The Kier molecular flexibility index (Phi) is 6.15. The van der Waals surface area contributed by atoms with E-state index in [9.17, 15) is 18.0 Å². The van der Waals surface area contributed by atoms with Crippen LogP contribution in [0.5, 0.6) is 0 Å². The maximum absolute atomic E-state index is 13.6. The molecule has 1 aliphatic rings. The van der Waals surface area contributed by atoms with Crippen molar-refractivity contribution in [1.29, 1.82) is 0 Å². The van der Waals surface area contributed by atoms with E-state index in [2.05, 4.69) is 4.98 Å². The van der Waals surface area contributed by atoms with Crippen LogP contribution in [-0.2, 0) is 26.2 Å². The number of hydrogen-bond donors (Lipinski definition) is 0. The lowest BCUT2D eigenvalue weighted by Gasteiger charge is -2.26. The second-order valence-corrected chi connectivity index (χ2v) is 11.9. The minimum absolute atomic E-state index is 0.0325. The van der Waals surface area contributed by atoms with Gasteiger partial charge in [-0.3, -0.25) is 9.59 Å². The van der Waals surface area contributed by atoms with E-state index in [1.807, 2.05) is 30.3 Å². The Morgan fingerprint density at radius 1 is 0.921 bits per heavy atom. The van der Waals surface area contributed by atoms with E-state index in [1.54, 1.807) is 60.0 Å². The lowest BCUT2D eigenvalue weighted by Crippen LogP contribution is -2.44. The second-order valence-electron chi connectivity index (χ2n) is 8.79. The summed E-state index contributed by atoms with van der Waals surface area (Å²) in [6.45, 7) is -0.0325. The summed E-state index contributed by atoms with van der Waals surface area (Å²) in [5.41, 5.74) is 3.14. The van der Waals surface area contributed by atoms with Crippen LogP contribution in [0.4, 0.5) is 5.69 Å². The van der Waals surface area contributed by atoms with Crippen molar-refractivity contribution in [2.24, 2.45) is 0 Å². The SMILES string of the molecule is O=C1CC(N(Cc2ccccc2)S(=O)(=O)c2cccs2)C(=O)N1c1ccc(-c2nc3ccccc3o2)cc1. The van der Waals surface area contributed by atoms with Crippen molar-refractivity contribution in [3.05, 3.63) is 102 Å². The van der Waals surface area contributed by atoms with Crippen molar-refractivity contribution >= 4 is 50.0 Å². The molecule has 1 aliphatic heterocycles. The Hall–Kier alpha value is -4.12. The number of nitrogens with zero attached hydrogens (tertiary/aromatic N) is 3. The summed E-state index contributed by atoms with van der Waals surface area (Å²) in [6, 6.07) is 25.1. The molecule has 1 saturated heterocycles. The molecule has 0 saturated carbocycles. The predicted molar refractivity (Wildman–Crippen MR) is 144 cm³/mol. The van der Waals surface area contributed by atoms with Crippen LogP contribution in [0.3, 0.4) is 0 Å². The molecule has 5 aromatic rings. The predicted octanol–water partition coefficient (Wildman–Crippen LogP) is 5.08. The summed E-state index contributed by atoms with van der Waals surface area (Å²) in [6.07, 6.45) is -0.247. The van der Waals surface area contributed by atoms with Gasteiger partial charge in [0.2, 0.25) is 11.8 Å². The van der Waals surface area contributed by atoms with Crippen LogP contribution in [0.1, 0.15) is 12.0 Å². The van der Waals surface area contributed by atoms with E-state index < -0.39 is 27.9 Å². The lowest BCUT2D eigenvalue weighted by molar-refractivity contribution is -0.122. The third-order valence-electron chi connectivity index (χ3n) is 6.38. The fraction of sp³-hybridized carbons (Fsp3) is 0.107. The van der Waals surface area contributed by atoms with E-state index in [1.165, 1.54) is 6.07 Å². The summed E-state index contributed by atoms with van der Waals surface area (Å²) >= 11 is 1.07. The molecule has 38 heavy (non-hydrogen) atoms. The average molecular weight is 544 g/mol. The van der Waals surface area contributed by atoms with Crippen LogP contribution in [0.15, 0.2) is 105 Å². The number of aromatic nitrogens is 1. The number of benzene rings is 3. The zero-order valence-corrected chi connectivity index (χ0v) is 21.6. The van der Waals surface area contributed by atoms with E-state index in [0.29, 0.717) is 28.3 Å². The number of anilines is 1. The van der Waals surface area contributed by atoms with Gasteiger partial charge < -0.3 is 4.42 Å². The van der Waals surface area contributed by atoms with Gasteiger partial charge in [0.05, 0.1) is 12.1 Å². The van der Waals surface area contributed by atoms with Gasteiger partial charge in [0.15, 0.2) is 5.58 Å². The van der Waals surface area contributed by atoms with E-state index in [-0.39, 0.29) is 17.2 Å². The molecule has 10 heteroatoms. The van der Waals surface area contributed by atoms with Gasteiger partial charge in [-0.25, -0.2) is 18.3 Å². The number of rotatable bonds is 7. The zero-order valence-electron chi connectivity index (χ0n) is 19.9. The summed E-state index contributed by atoms with van der Waals surface area (Å²) in [4.78, 5) is 32.2. The van der Waals surface area contributed by atoms with Crippen LogP contribution in [-0.4, -0.2) is 35.6 Å². The standard InChI is InChI=1S/C28H21N3O5S2/c32-25-17-23(30(18-19-7-2-1-3-8-19)38(34,35)26-11-6-16-37-26)28(33)31(25)21-14-12-20(13-15-21)27-29-22-9-4-5-10-24(22)36-27/h1-16,23H,17-18H2. The van der Waals surface area contributed by atoms with Gasteiger partial charge in [0.25, 0.3) is 15.9 Å². The first kappa shape index (κ1) is 24.2. The third-order valence-corrected chi connectivity index (χ3v) is 9.60. The normalized spacial score (nSPS) is 16.1. The smallest absolute Gasteiger partial charge is 0.253 e. The summed E-state index contributed by atoms with van der Waals surface area (Å²) in [7, 11) is -4.03. The van der Waals surface area contributed by atoms with Crippen molar-refractivity contribution in [3.63, 3.8) is 0 Å². The number of carbonyl (C=O) groups excluding carboxylic acids is 2. The fourth-order valence-electron chi connectivity index (χ4n) is 4.51. The highest BCUT2D eigenvalue weighted by Gasteiger charge is 2.47. The second kappa shape index (κ2) is 9.64. The number of sulfonamides is 1. The van der Waals surface area contributed by atoms with Gasteiger partial charge in [0, 0.05) is 12.1 Å². The number of fused-ring (bicyclic) bond motifs is 1. The number of imide groups is 1. The van der Waals surface area contributed by atoms with Gasteiger partial charge in [0.1, 0.15) is 15.8 Å². The van der Waals surface area contributed by atoms with Crippen LogP contribution in [0.2, 0.25) is 0 Å². The number of carbonyl (C=O) groups is 2. The Morgan fingerprint density at radius 2 is 1.66 bits per heavy atom. The highest BCUT2D eigenvalue weighted by atomic mass is 32.2. The number of thiophene rings is 1. The molecular formula is C28H21N3O5S2. The van der Waals surface area contributed by atoms with Gasteiger partial charge in [-0.2, -0.15) is 4.31 Å². The molecule has 8 nitrogen and oxygen atoms in total. The van der Waals surface area contributed by atoms with Gasteiger partial charge in [-0.05, 0) is 53.4 Å². The molecule has 0 aliphatic carbocycles. The average Bonchev–Trinajstić information content (AvgIpc) is 3.68. The van der Waals surface area contributed by atoms with Gasteiger partial charge in [-0.15, -0.1) is 11.3 Å². The molecule has 1 unspecified atom stereocenters. The van der Waals surface area contributed by atoms with Crippen LogP contribution in [0, 0.1) is 0 Å². The van der Waals surface area contributed by atoms with E-state index >= 15 is 0 Å². The molecule has 0 N–H and O–H groups in total. The number of oxazole rings is 1. The molecule has 1 atom stereocenters. The highest BCUT2D eigenvalue weighted by molar-refractivity contribution is 7.91. The molecule has 1 fully saturated rings. The maximum atomic E-state index is 13.6. The summed E-state index contributed by atoms with van der Waals surface area (Å²) in [5.74, 6) is -0.625. The molecular weight excluding hydrogens is 522 g/mol. The quantitative estimate of drug-likeness (QED) is 0.266. The van der Waals surface area contributed by atoms with Crippen molar-refractivity contribution in [3.8, 4) is 11.5 Å². The van der Waals surface area contributed by atoms with E-state index in [0.717, 1.165) is 26.1 Å². The van der Waals surface area contributed by atoms with E-state index in [4.69, 9.17) is 4.42 Å². The van der Waals surface area contributed by atoms with Crippen molar-refractivity contribution < 1.29 is 22.4 Å². The monoisotopic (exact) mass is 543 g/mol. The summed E-state index contributed by atoms with van der Waals surface area (Å²) < 4.78 is 34.3. The van der Waals surface area contributed by atoms with Crippen molar-refractivity contribution in [2.45, 2.75) is 23.2 Å². The number of hydrogen-bond acceptors (Lipinski definition) is 7. The third kappa shape index (κ3) is 4.32. The molecule has 3 heterocycles. The van der Waals surface area contributed by atoms with Crippen LogP contribution in [0.25, 0.3) is 22.6 Å². The van der Waals surface area contributed by atoms with Gasteiger partial charge in [-0.1, -0.05) is 48.5 Å². The Balaban J connectivity index is 1.31. The first-order valence-electron chi connectivity index (χ1n) is 11.8. The van der Waals surface area contributed by atoms with Crippen molar-refractivity contribution in [1.82, 2.24) is 9.29 Å². The van der Waals surface area contributed by atoms with Crippen molar-refractivity contribution in [2.75, 3.05) is 4.90 Å². The molecule has 2 amide bonds. The Bertz CT molecular complexity index is 1700. The number of amides is 2. The molecule has 0 spiro atoms. The molecule has 6 rings (SSSR count). The lowest BCUT2D eigenvalue weighted by atomic mass is 10.2. The topological polar surface area (TPSA) is 101 Å². The zero-order chi connectivity index (χ0) is 26.3. The maximum Gasteiger partial charge on any atom is 0.253 e. The largest absolute Gasteiger partial charge is 0.436 e.